The number of nitrogens with two attached hydrogens (primary N) is 1. The Kier molecular flexibility index (Phi) is 4.79. The summed E-state index contributed by atoms with van der Waals surface area (Å²) >= 11 is 0. The first-order valence-electron chi connectivity index (χ1n) is 5.58. The molecule has 0 saturated heterocycles. The molecule has 1 aromatic rings. The van der Waals surface area contributed by atoms with Crippen molar-refractivity contribution in [1.29, 1.82) is 0 Å². The Morgan fingerprint density at radius 1 is 1.56 bits per heavy atom. The SMILES string of the molecule is COC(=O)c1cccc([N+](=O)[O-])c1C(C)CCN. The Hall–Kier alpha value is -1.95. The summed E-state index contributed by atoms with van der Waals surface area (Å²) in [4.78, 5) is 22.2. The van der Waals surface area contributed by atoms with Crippen LogP contribution in [0.15, 0.2) is 18.2 Å². The molecule has 0 amide bonds. The molecule has 1 rings (SSSR count). The number of nitro groups is 1. The van der Waals surface area contributed by atoms with Gasteiger partial charge in [0.15, 0.2) is 0 Å². The highest BCUT2D eigenvalue weighted by atomic mass is 16.6. The number of methoxy groups -OCH3 is 1. The lowest BCUT2D eigenvalue weighted by Crippen LogP contribution is -2.13. The second-order valence-electron chi connectivity index (χ2n) is 3.97. The number of hydrogen-bond donors (Lipinski definition) is 1. The molecule has 1 atom stereocenters. The van der Waals surface area contributed by atoms with Crippen molar-refractivity contribution in [3.8, 4) is 0 Å². The van der Waals surface area contributed by atoms with Gasteiger partial charge in [-0.3, -0.25) is 10.1 Å². The minimum absolute atomic E-state index is 0.0705. The smallest absolute Gasteiger partial charge is 0.338 e. The summed E-state index contributed by atoms with van der Waals surface area (Å²) in [6.45, 7) is 2.20. The van der Waals surface area contributed by atoms with E-state index in [1.54, 1.807) is 0 Å². The Morgan fingerprint density at radius 2 is 2.22 bits per heavy atom. The van der Waals surface area contributed by atoms with Crippen molar-refractivity contribution in [2.75, 3.05) is 13.7 Å². The van der Waals surface area contributed by atoms with Gasteiger partial charge < -0.3 is 10.5 Å². The highest BCUT2D eigenvalue weighted by Crippen LogP contribution is 2.32. The van der Waals surface area contributed by atoms with E-state index in [9.17, 15) is 14.9 Å². The van der Waals surface area contributed by atoms with Gasteiger partial charge >= 0.3 is 5.97 Å². The van der Waals surface area contributed by atoms with Crippen LogP contribution in [0.3, 0.4) is 0 Å². The lowest BCUT2D eigenvalue weighted by Gasteiger charge is -2.14. The van der Waals surface area contributed by atoms with Gasteiger partial charge in [-0.2, -0.15) is 0 Å². The van der Waals surface area contributed by atoms with Crippen LogP contribution in [0.5, 0.6) is 0 Å². The fourth-order valence-electron chi connectivity index (χ4n) is 1.91. The highest BCUT2D eigenvalue weighted by molar-refractivity contribution is 5.92. The number of esters is 1. The van der Waals surface area contributed by atoms with E-state index in [1.807, 2.05) is 6.92 Å². The quantitative estimate of drug-likeness (QED) is 0.490. The van der Waals surface area contributed by atoms with Crippen LogP contribution >= 0.6 is 0 Å². The van der Waals surface area contributed by atoms with Gasteiger partial charge in [-0.1, -0.05) is 13.0 Å². The van der Waals surface area contributed by atoms with E-state index in [0.29, 0.717) is 18.5 Å². The lowest BCUT2D eigenvalue weighted by atomic mass is 9.91. The maximum Gasteiger partial charge on any atom is 0.338 e. The van der Waals surface area contributed by atoms with E-state index in [-0.39, 0.29) is 17.2 Å². The number of nitro benzene ring substituents is 1. The molecule has 0 fully saturated rings. The van der Waals surface area contributed by atoms with Gasteiger partial charge in [-0.15, -0.1) is 0 Å². The number of rotatable bonds is 5. The molecular weight excluding hydrogens is 236 g/mol. The maximum atomic E-state index is 11.6. The van der Waals surface area contributed by atoms with Crippen LogP contribution < -0.4 is 5.73 Å². The molecule has 1 aromatic carbocycles. The number of benzene rings is 1. The second-order valence-corrected chi connectivity index (χ2v) is 3.97. The van der Waals surface area contributed by atoms with E-state index >= 15 is 0 Å². The number of hydrogen-bond acceptors (Lipinski definition) is 5. The average molecular weight is 252 g/mol. The summed E-state index contributed by atoms with van der Waals surface area (Å²) in [5, 5.41) is 11.0. The molecule has 0 spiro atoms. The predicted molar refractivity (Wildman–Crippen MR) is 66.5 cm³/mol. The normalized spacial score (nSPS) is 11.9. The first-order chi connectivity index (χ1) is 8.52. The number of carbonyl (C=O) groups is 1. The standard InChI is InChI=1S/C12H16N2O4/c1-8(6-7-13)11-9(12(15)18-2)4-3-5-10(11)14(16)17/h3-5,8H,6-7,13H2,1-2H3. The topological polar surface area (TPSA) is 95.5 Å². The Morgan fingerprint density at radius 3 is 2.72 bits per heavy atom. The van der Waals surface area contributed by atoms with Crippen LogP contribution in [-0.2, 0) is 4.74 Å². The van der Waals surface area contributed by atoms with E-state index in [2.05, 4.69) is 4.74 Å². The van der Waals surface area contributed by atoms with Gasteiger partial charge in [0.1, 0.15) is 0 Å². The molecule has 0 aliphatic heterocycles. The zero-order chi connectivity index (χ0) is 13.7. The Balaban J connectivity index is 3.38. The van der Waals surface area contributed by atoms with Gasteiger partial charge in [0.25, 0.3) is 5.69 Å². The van der Waals surface area contributed by atoms with Crippen LogP contribution in [0.25, 0.3) is 0 Å². The largest absolute Gasteiger partial charge is 0.465 e. The number of nitrogens with zero attached hydrogens (tertiary/aromatic N) is 1. The molecule has 6 nitrogen and oxygen atoms in total. The summed E-state index contributed by atoms with van der Waals surface area (Å²) in [6, 6.07) is 4.39. The summed E-state index contributed by atoms with van der Waals surface area (Å²) in [7, 11) is 1.25. The average Bonchev–Trinajstić information content (AvgIpc) is 2.37. The minimum Gasteiger partial charge on any atom is -0.465 e. The van der Waals surface area contributed by atoms with Gasteiger partial charge in [-0.25, -0.2) is 4.79 Å². The summed E-state index contributed by atoms with van der Waals surface area (Å²) in [6.07, 6.45) is 0.564. The summed E-state index contributed by atoms with van der Waals surface area (Å²) in [5.41, 5.74) is 6.01. The van der Waals surface area contributed by atoms with E-state index < -0.39 is 10.9 Å². The summed E-state index contributed by atoms with van der Waals surface area (Å²) < 4.78 is 4.65. The third-order valence-corrected chi connectivity index (χ3v) is 2.78. The number of ether oxygens (including phenoxy) is 1. The third kappa shape index (κ3) is 2.84. The first kappa shape index (κ1) is 14.1. The summed E-state index contributed by atoms with van der Waals surface area (Å²) in [5.74, 6) is -0.747. The highest BCUT2D eigenvalue weighted by Gasteiger charge is 2.25. The fourth-order valence-corrected chi connectivity index (χ4v) is 1.91. The molecule has 0 aromatic heterocycles. The molecule has 98 valence electrons. The lowest BCUT2D eigenvalue weighted by molar-refractivity contribution is -0.385. The third-order valence-electron chi connectivity index (χ3n) is 2.78. The van der Waals surface area contributed by atoms with Crippen LogP contribution in [0.1, 0.15) is 35.2 Å². The van der Waals surface area contributed by atoms with Gasteiger partial charge in [0.05, 0.1) is 17.6 Å². The molecular formula is C12H16N2O4. The Bertz CT molecular complexity index is 459. The van der Waals surface area contributed by atoms with Crippen molar-refractivity contribution in [1.82, 2.24) is 0 Å². The molecule has 0 radical (unpaired) electrons. The van der Waals surface area contributed by atoms with Crippen LogP contribution in [-0.4, -0.2) is 24.5 Å². The molecule has 0 aliphatic rings. The molecule has 0 aliphatic carbocycles. The molecule has 18 heavy (non-hydrogen) atoms. The maximum absolute atomic E-state index is 11.6. The molecule has 0 saturated carbocycles. The first-order valence-corrected chi connectivity index (χ1v) is 5.58. The van der Waals surface area contributed by atoms with Crippen molar-refractivity contribution >= 4 is 11.7 Å². The zero-order valence-corrected chi connectivity index (χ0v) is 10.4. The number of carbonyl (C=O) groups excluding carboxylic acids is 1. The minimum atomic E-state index is -0.572. The predicted octanol–water partition coefficient (Wildman–Crippen LogP) is 1.83. The molecule has 0 heterocycles. The Labute approximate surface area is 105 Å². The van der Waals surface area contributed by atoms with Gasteiger partial charge in [-0.05, 0) is 24.9 Å². The van der Waals surface area contributed by atoms with Crippen molar-refractivity contribution in [3.05, 3.63) is 39.4 Å². The zero-order valence-electron chi connectivity index (χ0n) is 10.4. The monoisotopic (exact) mass is 252 g/mol. The van der Waals surface area contributed by atoms with Crippen LogP contribution in [0, 0.1) is 10.1 Å². The van der Waals surface area contributed by atoms with Crippen molar-refractivity contribution in [2.45, 2.75) is 19.3 Å². The van der Waals surface area contributed by atoms with Crippen molar-refractivity contribution < 1.29 is 14.5 Å². The second kappa shape index (κ2) is 6.11. The van der Waals surface area contributed by atoms with Crippen LogP contribution in [0.2, 0.25) is 0 Å². The van der Waals surface area contributed by atoms with Crippen molar-refractivity contribution in [2.24, 2.45) is 5.73 Å². The molecule has 6 heteroatoms. The van der Waals surface area contributed by atoms with E-state index in [0.717, 1.165) is 0 Å². The molecule has 0 bridgehead atoms. The van der Waals surface area contributed by atoms with Gasteiger partial charge in [0, 0.05) is 11.6 Å². The van der Waals surface area contributed by atoms with Crippen LogP contribution in [0.4, 0.5) is 5.69 Å². The fraction of sp³-hybridized carbons (Fsp3) is 0.417. The van der Waals surface area contributed by atoms with Crippen molar-refractivity contribution in [3.63, 3.8) is 0 Å². The van der Waals surface area contributed by atoms with Gasteiger partial charge in [0.2, 0.25) is 0 Å². The van der Waals surface area contributed by atoms with E-state index in [1.165, 1.54) is 25.3 Å². The molecule has 1 unspecified atom stereocenters. The van der Waals surface area contributed by atoms with E-state index in [4.69, 9.17) is 5.73 Å². The molecule has 2 N–H and O–H groups in total.